The first kappa shape index (κ1) is 17.4. The number of hydrogen-bond acceptors (Lipinski definition) is 3. The van der Waals surface area contributed by atoms with E-state index in [-0.39, 0.29) is 24.3 Å². The minimum Gasteiger partial charge on any atom is -0.355 e. The van der Waals surface area contributed by atoms with Crippen molar-refractivity contribution in [2.45, 2.75) is 13.8 Å². The lowest BCUT2D eigenvalue weighted by Crippen LogP contribution is -2.36. The third-order valence-corrected chi connectivity index (χ3v) is 3.19. The van der Waals surface area contributed by atoms with Crippen molar-refractivity contribution < 1.29 is 14.4 Å². The van der Waals surface area contributed by atoms with E-state index in [2.05, 4.69) is 17.2 Å². The monoisotopic (exact) mass is 303 g/mol. The van der Waals surface area contributed by atoms with Crippen LogP contribution in [0.2, 0.25) is 0 Å². The Labute approximate surface area is 130 Å². The number of rotatable bonds is 6. The van der Waals surface area contributed by atoms with Crippen LogP contribution in [0.25, 0.3) is 0 Å². The van der Waals surface area contributed by atoms with Gasteiger partial charge in [0, 0.05) is 24.8 Å². The number of nitrogens with one attached hydrogen (secondary N) is 2. The zero-order valence-corrected chi connectivity index (χ0v) is 13.1. The molecule has 6 nitrogen and oxygen atoms in total. The van der Waals surface area contributed by atoms with Crippen LogP contribution in [0.4, 0.5) is 5.69 Å². The molecule has 1 aromatic carbocycles. The average Bonchev–Trinajstić information content (AvgIpc) is 2.52. The summed E-state index contributed by atoms with van der Waals surface area (Å²) >= 11 is 0. The van der Waals surface area contributed by atoms with Crippen LogP contribution in [-0.2, 0) is 9.59 Å². The molecule has 0 aromatic heterocycles. The van der Waals surface area contributed by atoms with E-state index in [0.717, 1.165) is 5.56 Å². The summed E-state index contributed by atoms with van der Waals surface area (Å²) in [6.45, 7) is 7.38. The Morgan fingerprint density at radius 3 is 2.50 bits per heavy atom. The highest BCUT2D eigenvalue weighted by atomic mass is 16.2. The lowest BCUT2D eigenvalue weighted by atomic mass is 10.1. The van der Waals surface area contributed by atoms with Gasteiger partial charge in [-0.3, -0.25) is 14.4 Å². The van der Waals surface area contributed by atoms with Crippen LogP contribution >= 0.6 is 0 Å². The molecule has 1 aromatic rings. The average molecular weight is 303 g/mol. The van der Waals surface area contributed by atoms with Crippen molar-refractivity contribution in [2.24, 2.45) is 0 Å². The number of aryl methyl sites for hydroxylation is 1. The summed E-state index contributed by atoms with van der Waals surface area (Å²) < 4.78 is 0. The van der Waals surface area contributed by atoms with Crippen LogP contribution in [0.15, 0.2) is 30.9 Å². The molecule has 0 spiro atoms. The lowest BCUT2D eigenvalue weighted by Gasteiger charge is -2.19. The number of hydrogen-bond donors (Lipinski definition) is 2. The van der Waals surface area contributed by atoms with E-state index in [9.17, 15) is 14.4 Å². The molecule has 22 heavy (non-hydrogen) atoms. The minimum absolute atomic E-state index is 0.0437. The van der Waals surface area contributed by atoms with E-state index in [4.69, 9.17) is 0 Å². The van der Waals surface area contributed by atoms with Gasteiger partial charge >= 0.3 is 0 Å². The third kappa shape index (κ3) is 4.44. The highest BCUT2D eigenvalue weighted by Gasteiger charge is 2.14. The van der Waals surface area contributed by atoms with Crippen LogP contribution in [0.3, 0.4) is 0 Å². The van der Waals surface area contributed by atoms with Gasteiger partial charge in [0.15, 0.2) is 0 Å². The van der Waals surface area contributed by atoms with E-state index < -0.39 is 0 Å². The molecule has 1 rings (SSSR count). The number of likely N-dealkylation sites (N-methyl/N-ethyl adjacent to an activating group) is 1. The SMILES string of the molecule is C=CC(=O)N(CC)CC(=O)Nc1ccc(C(=O)NC)cc1C. The third-order valence-electron chi connectivity index (χ3n) is 3.19. The molecule has 0 saturated heterocycles. The second-order valence-corrected chi connectivity index (χ2v) is 4.71. The summed E-state index contributed by atoms with van der Waals surface area (Å²) in [4.78, 5) is 36.5. The topological polar surface area (TPSA) is 78.5 Å². The second-order valence-electron chi connectivity index (χ2n) is 4.71. The molecule has 6 heteroatoms. The molecule has 3 amide bonds. The Balaban J connectivity index is 2.78. The van der Waals surface area contributed by atoms with Crippen molar-refractivity contribution in [3.05, 3.63) is 42.0 Å². The Morgan fingerprint density at radius 2 is 2.00 bits per heavy atom. The highest BCUT2D eigenvalue weighted by molar-refractivity contribution is 5.98. The largest absolute Gasteiger partial charge is 0.355 e. The maximum absolute atomic E-state index is 12.0. The fourth-order valence-electron chi connectivity index (χ4n) is 1.93. The Hall–Kier alpha value is -2.63. The molecule has 0 aliphatic rings. The zero-order valence-electron chi connectivity index (χ0n) is 13.1. The van der Waals surface area contributed by atoms with Gasteiger partial charge < -0.3 is 15.5 Å². The molecular formula is C16H21N3O3. The molecule has 118 valence electrons. The first-order valence-electron chi connectivity index (χ1n) is 6.96. The maximum Gasteiger partial charge on any atom is 0.251 e. The quantitative estimate of drug-likeness (QED) is 0.778. The van der Waals surface area contributed by atoms with Crippen LogP contribution in [-0.4, -0.2) is 42.8 Å². The van der Waals surface area contributed by atoms with Gasteiger partial charge in [0.05, 0.1) is 0 Å². The first-order chi connectivity index (χ1) is 10.4. The van der Waals surface area contributed by atoms with Crippen molar-refractivity contribution in [3.63, 3.8) is 0 Å². The lowest BCUT2D eigenvalue weighted by molar-refractivity contribution is -0.130. The van der Waals surface area contributed by atoms with E-state index >= 15 is 0 Å². The van der Waals surface area contributed by atoms with Crippen LogP contribution in [0.1, 0.15) is 22.8 Å². The maximum atomic E-state index is 12.0. The number of benzene rings is 1. The molecule has 0 atom stereocenters. The summed E-state index contributed by atoms with van der Waals surface area (Å²) in [7, 11) is 1.56. The van der Waals surface area contributed by atoms with E-state index in [1.807, 2.05) is 0 Å². The molecule has 0 aliphatic heterocycles. The van der Waals surface area contributed by atoms with Gasteiger partial charge in [-0.15, -0.1) is 0 Å². The molecular weight excluding hydrogens is 282 g/mol. The second kappa shape index (κ2) is 7.97. The van der Waals surface area contributed by atoms with Gasteiger partial charge in [0.25, 0.3) is 5.91 Å². The van der Waals surface area contributed by atoms with Crippen LogP contribution in [0.5, 0.6) is 0 Å². The highest BCUT2D eigenvalue weighted by Crippen LogP contribution is 2.16. The molecule has 0 radical (unpaired) electrons. The standard InChI is InChI=1S/C16H21N3O3/c1-5-15(21)19(6-2)10-14(20)18-13-8-7-12(9-11(13)3)16(22)17-4/h5,7-9H,1,6,10H2,2-4H3,(H,17,22)(H,18,20). The number of amides is 3. The number of anilines is 1. The van der Waals surface area contributed by atoms with E-state index in [1.165, 1.54) is 11.0 Å². The van der Waals surface area contributed by atoms with Gasteiger partial charge in [0.1, 0.15) is 6.54 Å². The number of carbonyl (C=O) groups excluding carboxylic acids is 3. The minimum atomic E-state index is -0.298. The summed E-state index contributed by atoms with van der Waals surface area (Å²) in [5, 5.41) is 5.28. The molecule has 0 saturated carbocycles. The van der Waals surface area contributed by atoms with Crippen molar-refractivity contribution in [2.75, 3.05) is 25.5 Å². The molecule has 0 fully saturated rings. The van der Waals surface area contributed by atoms with Crippen molar-refractivity contribution in [1.29, 1.82) is 0 Å². The number of nitrogens with zero attached hydrogens (tertiary/aromatic N) is 1. The van der Waals surface area contributed by atoms with Gasteiger partial charge in [0.2, 0.25) is 11.8 Å². The first-order valence-corrected chi connectivity index (χ1v) is 6.96. The van der Waals surface area contributed by atoms with Crippen LogP contribution in [0, 0.1) is 6.92 Å². The summed E-state index contributed by atoms with van der Waals surface area (Å²) in [6.07, 6.45) is 1.18. The van der Waals surface area contributed by atoms with E-state index in [1.54, 1.807) is 39.1 Å². The molecule has 0 aliphatic carbocycles. The van der Waals surface area contributed by atoms with Gasteiger partial charge in [-0.2, -0.15) is 0 Å². The summed E-state index contributed by atoms with van der Waals surface area (Å²) in [5.74, 6) is -0.771. The predicted molar refractivity (Wildman–Crippen MR) is 85.6 cm³/mol. The van der Waals surface area contributed by atoms with Crippen molar-refractivity contribution in [3.8, 4) is 0 Å². The van der Waals surface area contributed by atoms with Gasteiger partial charge in [-0.25, -0.2) is 0 Å². The number of carbonyl (C=O) groups is 3. The Bertz CT molecular complexity index is 596. The molecule has 0 bridgehead atoms. The summed E-state index contributed by atoms with van der Waals surface area (Å²) in [5.41, 5.74) is 1.90. The molecule has 0 unspecified atom stereocenters. The molecule has 0 heterocycles. The van der Waals surface area contributed by atoms with Crippen molar-refractivity contribution >= 4 is 23.4 Å². The van der Waals surface area contributed by atoms with Crippen LogP contribution < -0.4 is 10.6 Å². The predicted octanol–water partition coefficient (Wildman–Crippen LogP) is 1.33. The smallest absolute Gasteiger partial charge is 0.251 e. The fraction of sp³-hybridized carbons (Fsp3) is 0.312. The normalized spacial score (nSPS) is 9.77. The Morgan fingerprint density at radius 1 is 1.32 bits per heavy atom. The van der Waals surface area contributed by atoms with Gasteiger partial charge in [-0.1, -0.05) is 6.58 Å². The summed E-state index contributed by atoms with van der Waals surface area (Å²) in [6, 6.07) is 5.00. The van der Waals surface area contributed by atoms with Gasteiger partial charge in [-0.05, 0) is 43.7 Å². The zero-order chi connectivity index (χ0) is 16.7. The fourth-order valence-corrected chi connectivity index (χ4v) is 1.93. The Kier molecular flexibility index (Phi) is 6.31. The molecule has 2 N–H and O–H groups in total. The van der Waals surface area contributed by atoms with Crippen molar-refractivity contribution in [1.82, 2.24) is 10.2 Å². The van der Waals surface area contributed by atoms with E-state index in [0.29, 0.717) is 17.8 Å².